The van der Waals surface area contributed by atoms with Crippen LogP contribution in [0.15, 0.2) is 18.2 Å². The molecule has 0 aromatic heterocycles. The monoisotopic (exact) mass is 316 g/mol. The third kappa shape index (κ3) is 3.87. The SMILES string of the molecule is CC(c1ccc(Cl)cc1Cl)N(C)C(=O)[C@H](N)C(C)(C)C. The summed E-state index contributed by atoms with van der Waals surface area (Å²) in [6.07, 6.45) is 0. The van der Waals surface area contributed by atoms with Crippen LogP contribution in [0, 0.1) is 5.41 Å². The first-order valence-electron chi connectivity index (χ1n) is 6.53. The quantitative estimate of drug-likeness (QED) is 0.919. The zero-order chi connectivity index (χ0) is 15.7. The Morgan fingerprint density at radius 1 is 1.30 bits per heavy atom. The number of benzene rings is 1. The summed E-state index contributed by atoms with van der Waals surface area (Å²) < 4.78 is 0. The van der Waals surface area contributed by atoms with Gasteiger partial charge in [-0.2, -0.15) is 0 Å². The van der Waals surface area contributed by atoms with Gasteiger partial charge in [-0.15, -0.1) is 0 Å². The molecule has 0 spiro atoms. The molecule has 2 atom stereocenters. The maximum Gasteiger partial charge on any atom is 0.240 e. The van der Waals surface area contributed by atoms with Gasteiger partial charge in [-0.3, -0.25) is 4.79 Å². The Morgan fingerprint density at radius 3 is 2.30 bits per heavy atom. The van der Waals surface area contributed by atoms with Gasteiger partial charge >= 0.3 is 0 Å². The number of halogens is 2. The Kier molecular flexibility index (Phi) is 5.47. The first kappa shape index (κ1) is 17.3. The van der Waals surface area contributed by atoms with Crippen molar-refractivity contribution in [3.8, 4) is 0 Å². The van der Waals surface area contributed by atoms with Crippen LogP contribution >= 0.6 is 23.2 Å². The van der Waals surface area contributed by atoms with Crippen LogP contribution in [-0.2, 0) is 4.79 Å². The van der Waals surface area contributed by atoms with Gasteiger partial charge in [0.05, 0.1) is 12.1 Å². The van der Waals surface area contributed by atoms with Crippen LogP contribution in [0.5, 0.6) is 0 Å². The van der Waals surface area contributed by atoms with Crippen LogP contribution < -0.4 is 5.73 Å². The third-order valence-electron chi connectivity index (χ3n) is 3.54. The number of nitrogens with two attached hydrogens (primary N) is 1. The van der Waals surface area contributed by atoms with Crippen LogP contribution in [0.1, 0.15) is 39.3 Å². The van der Waals surface area contributed by atoms with E-state index in [0.717, 1.165) is 5.56 Å². The molecule has 0 saturated heterocycles. The van der Waals surface area contributed by atoms with Crippen molar-refractivity contribution in [1.82, 2.24) is 4.90 Å². The van der Waals surface area contributed by atoms with Crippen molar-refractivity contribution in [3.05, 3.63) is 33.8 Å². The van der Waals surface area contributed by atoms with E-state index >= 15 is 0 Å². The van der Waals surface area contributed by atoms with Crippen molar-refractivity contribution in [2.75, 3.05) is 7.05 Å². The molecular weight excluding hydrogens is 295 g/mol. The fourth-order valence-electron chi connectivity index (χ4n) is 1.83. The lowest BCUT2D eigenvalue weighted by molar-refractivity contribution is -0.135. The maximum atomic E-state index is 12.4. The first-order valence-corrected chi connectivity index (χ1v) is 7.28. The second-order valence-electron chi connectivity index (χ2n) is 6.13. The van der Waals surface area contributed by atoms with Gasteiger partial charge in [-0.05, 0) is 30.0 Å². The van der Waals surface area contributed by atoms with Gasteiger partial charge in [0, 0.05) is 17.1 Å². The molecule has 5 heteroatoms. The summed E-state index contributed by atoms with van der Waals surface area (Å²) in [4.78, 5) is 14.0. The number of likely N-dealkylation sites (N-methyl/N-ethyl adjacent to an activating group) is 1. The molecule has 1 unspecified atom stereocenters. The normalized spacial score (nSPS) is 14.8. The summed E-state index contributed by atoms with van der Waals surface area (Å²) in [7, 11) is 1.74. The highest BCUT2D eigenvalue weighted by atomic mass is 35.5. The van der Waals surface area contributed by atoms with Gasteiger partial charge in [0.2, 0.25) is 5.91 Å². The molecule has 1 aromatic rings. The molecule has 0 aliphatic rings. The van der Waals surface area contributed by atoms with E-state index in [1.807, 2.05) is 33.8 Å². The first-order chi connectivity index (χ1) is 9.05. The highest BCUT2D eigenvalue weighted by Gasteiger charge is 2.32. The fourth-order valence-corrected chi connectivity index (χ4v) is 2.40. The molecule has 0 radical (unpaired) electrons. The van der Waals surface area contributed by atoms with E-state index in [-0.39, 0.29) is 17.4 Å². The molecule has 3 nitrogen and oxygen atoms in total. The number of carbonyl (C=O) groups excluding carboxylic acids is 1. The molecular formula is C15H22Cl2N2O. The molecule has 0 aliphatic heterocycles. The molecule has 0 saturated carbocycles. The summed E-state index contributed by atoms with van der Waals surface area (Å²) in [5.74, 6) is -0.101. The van der Waals surface area contributed by atoms with Crippen molar-refractivity contribution in [2.45, 2.75) is 39.8 Å². The summed E-state index contributed by atoms with van der Waals surface area (Å²) in [6.45, 7) is 7.76. The molecule has 112 valence electrons. The van der Waals surface area contributed by atoms with Crippen molar-refractivity contribution >= 4 is 29.1 Å². The van der Waals surface area contributed by atoms with E-state index < -0.39 is 6.04 Å². The average Bonchev–Trinajstić information content (AvgIpc) is 2.34. The van der Waals surface area contributed by atoms with E-state index in [9.17, 15) is 4.79 Å². The van der Waals surface area contributed by atoms with E-state index in [0.29, 0.717) is 10.0 Å². The minimum atomic E-state index is -0.555. The molecule has 1 amide bonds. The largest absolute Gasteiger partial charge is 0.338 e. The molecule has 20 heavy (non-hydrogen) atoms. The van der Waals surface area contributed by atoms with E-state index in [2.05, 4.69) is 0 Å². The zero-order valence-electron chi connectivity index (χ0n) is 12.6. The Morgan fingerprint density at radius 2 is 1.85 bits per heavy atom. The minimum absolute atomic E-state index is 0.101. The van der Waals surface area contributed by atoms with Crippen molar-refractivity contribution in [1.29, 1.82) is 0 Å². The molecule has 1 aromatic carbocycles. The number of hydrogen-bond acceptors (Lipinski definition) is 2. The second-order valence-corrected chi connectivity index (χ2v) is 6.98. The lowest BCUT2D eigenvalue weighted by atomic mass is 9.86. The molecule has 1 rings (SSSR count). The summed E-state index contributed by atoms with van der Waals surface area (Å²) in [5.41, 5.74) is 6.60. The number of hydrogen-bond donors (Lipinski definition) is 1. The van der Waals surface area contributed by atoms with Gasteiger partial charge in [0.1, 0.15) is 0 Å². The standard InChI is InChI=1S/C15H22Cl2N2O/c1-9(11-7-6-10(16)8-12(11)17)19(5)14(20)13(18)15(2,3)4/h6-9,13H,18H2,1-5H3/t9?,13-/m0/s1. The zero-order valence-corrected chi connectivity index (χ0v) is 14.1. The maximum absolute atomic E-state index is 12.4. The lowest BCUT2D eigenvalue weighted by Gasteiger charge is -2.33. The topological polar surface area (TPSA) is 46.3 Å². The van der Waals surface area contributed by atoms with E-state index in [4.69, 9.17) is 28.9 Å². The van der Waals surface area contributed by atoms with Crippen LogP contribution in [0.2, 0.25) is 10.0 Å². The van der Waals surface area contributed by atoms with Crippen LogP contribution in [0.4, 0.5) is 0 Å². The number of amides is 1. The highest BCUT2D eigenvalue weighted by Crippen LogP contribution is 2.30. The number of nitrogens with zero attached hydrogens (tertiary/aromatic N) is 1. The Balaban J connectivity index is 2.97. The van der Waals surface area contributed by atoms with Gasteiger partial charge in [0.25, 0.3) is 0 Å². The van der Waals surface area contributed by atoms with Gasteiger partial charge in [-0.1, -0.05) is 50.0 Å². The smallest absolute Gasteiger partial charge is 0.240 e. The molecule has 0 fully saturated rings. The molecule has 0 bridgehead atoms. The highest BCUT2D eigenvalue weighted by molar-refractivity contribution is 6.35. The summed E-state index contributed by atoms with van der Waals surface area (Å²) in [5, 5.41) is 1.13. The van der Waals surface area contributed by atoms with Gasteiger partial charge in [-0.25, -0.2) is 0 Å². The van der Waals surface area contributed by atoms with Gasteiger partial charge < -0.3 is 10.6 Å². The summed E-state index contributed by atoms with van der Waals surface area (Å²) in [6, 6.07) is 4.56. The van der Waals surface area contributed by atoms with Gasteiger partial charge in [0.15, 0.2) is 0 Å². The van der Waals surface area contributed by atoms with E-state index in [1.165, 1.54) is 0 Å². The Hall–Kier alpha value is -0.770. The Labute approximate surface area is 131 Å². The van der Waals surface area contributed by atoms with Crippen molar-refractivity contribution in [2.24, 2.45) is 11.1 Å². The number of carbonyl (C=O) groups is 1. The molecule has 0 aliphatic carbocycles. The Bertz CT molecular complexity index is 497. The van der Waals surface area contributed by atoms with Crippen LogP contribution in [-0.4, -0.2) is 23.9 Å². The summed E-state index contributed by atoms with van der Waals surface area (Å²) >= 11 is 12.1. The molecule has 0 heterocycles. The van der Waals surface area contributed by atoms with Crippen molar-refractivity contribution in [3.63, 3.8) is 0 Å². The van der Waals surface area contributed by atoms with E-state index in [1.54, 1.807) is 24.1 Å². The third-order valence-corrected chi connectivity index (χ3v) is 4.10. The average molecular weight is 317 g/mol. The lowest BCUT2D eigenvalue weighted by Crippen LogP contribution is -2.49. The number of rotatable bonds is 3. The van der Waals surface area contributed by atoms with Crippen molar-refractivity contribution < 1.29 is 4.79 Å². The second kappa shape index (κ2) is 6.33. The molecule has 2 N–H and O–H groups in total. The predicted octanol–water partition coefficient (Wildman–Crippen LogP) is 3.89. The van der Waals surface area contributed by atoms with Crippen LogP contribution in [0.25, 0.3) is 0 Å². The predicted molar refractivity (Wildman–Crippen MR) is 85.1 cm³/mol. The van der Waals surface area contributed by atoms with Crippen LogP contribution in [0.3, 0.4) is 0 Å². The minimum Gasteiger partial charge on any atom is -0.338 e. The fraction of sp³-hybridized carbons (Fsp3) is 0.533.